The minimum absolute atomic E-state index is 0.166. The van der Waals surface area contributed by atoms with Crippen molar-refractivity contribution in [3.63, 3.8) is 0 Å². The molecule has 2 N–H and O–H groups in total. The van der Waals surface area contributed by atoms with Gasteiger partial charge in [-0.1, -0.05) is 6.07 Å². The second-order valence-corrected chi connectivity index (χ2v) is 4.12. The molecule has 1 heterocycles. The molecule has 2 rings (SSSR count). The predicted molar refractivity (Wildman–Crippen MR) is 59.5 cm³/mol. The lowest BCUT2D eigenvalue weighted by Crippen LogP contribution is -2.35. The molecule has 1 aliphatic rings. The highest BCUT2D eigenvalue weighted by Gasteiger charge is 2.29. The van der Waals surface area contributed by atoms with Crippen molar-refractivity contribution in [2.24, 2.45) is 0 Å². The Balaban J connectivity index is 1.98. The molecule has 90 valence electrons. The van der Waals surface area contributed by atoms with E-state index in [0.717, 1.165) is 11.1 Å². The highest BCUT2D eigenvalue weighted by Crippen LogP contribution is 2.11. The van der Waals surface area contributed by atoms with Gasteiger partial charge in [-0.15, -0.1) is 0 Å². The summed E-state index contributed by atoms with van der Waals surface area (Å²) in [5.41, 5.74) is 1.74. The minimum Gasteiger partial charge on any atom is -0.301 e. The first-order valence-electron chi connectivity index (χ1n) is 5.38. The molecule has 0 bridgehead atoms. The Hall–Kier alpha value is -1.75. The molecule has 0 aromatic heterocycles. The molecule has 1 aliphatic heterocycles. The van der Waals surface area contributed by atoms with Gasteiger partial charge in [0, 0.05) is 6.54 Å². The fraction of sp³-hybridized carbons (Fsp3) is 0.333. The average Bonchev–Trinajstić information content (AvgIpc) is 2.56. The Morgan fingerprint density at radius 2 is 2.24 bits per heavy atom. The molecule has 1 aromatic carbocycles. The predicted octanol–water partition coefficient (Wildman–Crippen LogP) is 0.639. The monoisotopic (exact) mass is 236 g/mol. The van der Waals surface area contributed by atoms with Crippen LogP contribution in [0.25, 0.3) is 0 Å². The van der Waals surface area contributed by atoms with E-state index in [-0.39, 0.29) is 24.1 Å². The number of nitrogens with one attached hydrogen (secondary N) is 2. The Bertz CT molecular complexity index is 474. The number of benzene rings is 1. The first-order valence-corrected chi connectivity index (χ1v) is 5.38. The zero-order chi connectivity index (χ0) is 12.4. The standard InChI is InChI=1S/C12H13FN2O2/c1-7-4-9(13)3-2-8(7)6-14-10-5-11(16)15-12(10)17/h2-4,10,14H,5-6H2,1H3,(H,15,16,17). The average molecular weight is 236 g/mol. The maximum atomic E-state index is 12.9. The van der Waals surface area contributed by atoms with Crippen molar-refractivity contribution in [3.05, 3.63) is 35.1 Å². The van der Waals surface area contributed by atoms with Gasteiger partial charge in [0.2, 0.25) is 11.8 Å². The fourth-order valence-electron chi connectivity index (χ4n) is 1.81. The van der Waals surface area contributed by atoms with E-state index in [4.69, 9.17) is 0 Å². The van der Waals surface area contributed by atoms with E-state index in [1.165, 1.54) is 12.1 Å². The number of imide groups is 1. The van der Waals surface area contributed by atoms with Crippen LogP contribution in [-0.2, 0) is 16.1 Å². The van der Waals surface area contributed by atoms with Crippen molar-refractivity contribution < 1.29 is 14.0 Å². The first-order chi connectivity index (χ1) is 8.06. The second kappa shape index (κ2) is 4.63. The van der Waals surface area contributed by atoms with Crippen molar-refractivity contribution in [1.29, 1.82) is 0 Å². The lowest BCUT2D eigenvalue weighted by Gasteiger charge is -2.10. The van der Waals surface area contributed by atoms with E-state index < -0.39 is 6.04 Å². The van der Waals surface area contributed by atoms with Gasteiger partial charge in [-0.05, 0) is 30.2 Å². The smallest absolute Gasteiger partial charge is 0.244 e. The number of aryl methyl sites for hydroxylation is 1. The summed E-state index contributed by atoms with van der Waals surface area (Å²) in [6, 6.07) is 4.01. The molecule has 0 spiro atoms. The normalized spacial score (nSPS) is 19.5. The van der Waals surface area contributed by atoms with Gasteiger partial charge in [-0.2, -0.15) is 0 Å². The van der Waals surface area contributed by atoms with Gasteiger partial charge < -0.3 is 5.32 Å². The molecule has 1 aromatic rings. The molecule has 1 unspecified atom stereocenters. The van der Waals surface area contributed by atoms with Crippen molar-refractivity contribution in [3.8, 4) is 0 Å². The number of carbonyl (C=O) groups excluding carboxylic acids is 2. The molecule has 5 heteroatoms. The summed E-state index contributed by atoms with van der Waals surface area (Å²) >= 11 is 0. The summed E-state index contributed by atoms with van der Waals surface area (Å²) in [6.07, 6.45) is 0.166. The van der Waals surface area contributed by atoms with E-state index in [0.29, 0.717) is 6.54 Å². The van der Waals surface area contributed by atoms with Crippen LogP contribution >= 0.6 is 0 Å². The molecule has 1 fully saturated rings. The van der Waals surface area contributed by atoms with Crippen molar-refractivity contribution >= 4 is 11.8 Å². The van der Waals surface area contributed by atoms with Crippen LogP contribution in [0.3, 0.4) is 0 Å². The number of amides is 2. The van der Waals surface area contributed by atoms with Crippen molar-refractivity contribution in [1.82, 2.24) is 10.6 Å². The van der Waals surface area contributed by atoms with Crippen LogP contribution in [0.1, 0.15) is 17.5 Å². The van der Waals surface area contributed by atoms with E-state index in [9.17, 15) is 14.0 Å². The quantitative estimate of drug-likeness (QED) is 0.757. The first kappa shape index (κ1) is 11.7. The van der Waals surface area contributed by atoms with Crippen LogP contribution in [0, 0.1) is 12.7 Å². The minimum atomic E-state index is -0.480. The third-order valence-corrected chi connectivity index (χ3v) is 2.81. The molecule has 1 saturated heterocycles. The Kier molecular flexibility index (Phi) is 3.19. The Morgan fingerprint density at radius 3 is 2.82 bits per heavy atom. The van der Waals surface area contributed by atoms with E-state index in [1.807, 2.05) is 0 Å². The maximum Gasteiger partial charge on any atom is 0.244 e. The topological polar surface area (TPSA) is 58.2 Å². The molecule has 1 atom stereocenters. The zero-order valence-corrected chi connectivity index (χ0v) is 9.42. The van der Waals surface area contributed by atoms with Crippen molar-refractivity contribution in [2.75, 3.05) is 0 Å². The summed E-state index contributed by atoms with van der Waals surface area (Å²) in [7, 11) is 0. The lowest BCUT2D eigenvalue weighted by molar-refractivity contribution is -0.125. The second-order valence-electron chi connectivity index (χ2n) is 4.12. The third kappa shape index (κ3) is 2.68. The summed E-state index contributed by atoms with van der Waals surface area (Å²) in [5.74, 6) is -0.835. The summed E-state index contributed by atoms with van der Waals surface area (Å²) in [5, 5.41) is 5.21. The molecule has 4 nitrogen and oxygen atoms in total. The van der Waals surface area contributed by atoms with Crippen molar-refractivity contribution in [2.45, 2.75) is 25.9 Å². The van der Waals surface area contributed by atoms with Crippen LogP contribution in [0.15, 0.2) is 18.2 Å². The molecule has 0 radical (unpaired) electrons. The molecule has 0 aliphatic carbocycles. The number of carbonyl (C=O) groups is 2. The highest BCUT2D eigenvalue weighted by atomic mass is 19.1. The van der Waals surface area contributed by atoms with Gasteiger partial charge in [0.1, 0.15) is 5.82 Å². The molecule has 17 heavy (non-hydrogen) atoms. The molecular weight excluding hydrogens is 223 g/mol. The number of rotatable bonds is 3. The molecule has 0 saturated carbocycles. The number of halogens is 1. The van der Waals surface area contributed by atoms with Gasteiger partial charge in [0.05, 0.1) is 12.5 Å². The lowest BCUT2D eigenvalue weighted by atomic mass is 10.1. The van der Waals surface area contributed by atoms with Crippen LogP contribution in [0.2, 0.25) is 0 Å². The third-order valence-electron chi connectivity index (χ3n) is 2.81. The van der Waals surface area contributed by atoms with Gasteiger partial charge in [0.15, 0.2) is 0 Å². The van der Waals surface area contributed by atoms with Crippen LogP contribution in [-0.4, -0.2) is 17.9 Å². The van der Waals surface area contributed by atoms with Gasteiger partial charge in [-0.3, -0.25) is 14.9 Å². The molecular formula is C12H13FN2O2. The van der Waals surface area contributed by atoms with Gasteiger partial charge in [-0.25, -0.2) is 4.39 Å². The Morgan fingerprint density at radius 1 is 1.47 bits per heavy atom. The van der Waals surface area contributed by atoms with Crippen LogP contribution < -0.4 is 10.6 Å². The van der Waals surface area contributed by atoms with Gasteiger partial charge >= 0.3 is 0 Å². The number of hydrogen-bond donors (Lipinski definition) is 2. The Labute approximate surface area is 98.2 Å². The highest BCUT2D eigenvalue weighted by molar-refractivity contribution is 6.05. The summed E-state index contributed by atoms with van der Waals surface area (Å²) in [4.78, 5) is 22.3. The van der Waals surface area contributed by atoms with E-state index >= 15 is 0 Å². The summed E-state index contributed by atoms with van der Waals surface area (Å²) in [6.45, 7) is 2.25. The summed E-state index contributed by atoms with van der Waals surface area (Å²) < 4.78 is 12.9. The SMILES string of the molecule is Cc1cc(F)ccc1CNC1CC(=O)NC1=O. The number of hydrogen-bond acceptors (Lipinski definition) is 3. The molecule has 2 amide bonds. The van der Waals surface area contributed by atoms with E-state index in [2.05, 4.69) is 10.6 Å². The van der Waals surface area contributed by atoms with Gasteiger partial charge in [0.25, 0.3) is 0 Å². The fourth-order valence-corrected chi connectivity index (χ4v) is 1.81. The zero-order valence-electron chi connectivity index (χ0n) is 9.42. The largest absolute Gasteiger partial charge is 0.301 e. The van der Waals surface area contributed by atoms with Crippen LogP contribution in [0.5, 0.6) is 0 Å². The van der Waals surface area contributed by atoms with E-state index in [1.54, 1.807) is 13.0 Å². The van der Waals surface area contributed by atoms with Crippen LogP contribution in [0.4, 0.5) is 4.39 Å². The maximum absolute atomic E-state index is 12.9.